The van der Waals surface area contributed by atoms with Crippen molar-refractivity contribution in [2.45, 2.75) is 19.1 Å². The molecule has 0 aliphatic carbocycles. The van der Waals surface area contributed by atoms with Gasteiger partial charge >= 0.3 is 0 Å². The molecule has 3 N–H and O–H groups in total. The SMILES string of the molecule is C[C@H](O)[C@H](N)c1cc(F)cc(Br)c1.Cl. The molecule has 0 unspecified atom stereocenters. The maximum atomic E-state index is 12.9. The van der Waals surface area contributed by atoms with Gasteiger partial charge in [0.05, 0.1) is 12.1 Å². The maximum absolute atomic E-state index is 12.9. The van der Waals surface area contributed by atoms with Crippen LogP contribution in [-0.2, 0) is 0 Å². The Morgan fingerprint density at radius 3 is 2.43 bits per heavy atom. The first-order valence-corrected chi connectivity index (χ1v) is 4.69. The van der Waals surface area contributed by atoms with Gasteiger partial charge in [-0.2, -0.15) is 0 Å². The lowest BCUT2D eigenvalue weighted by atomic mass is 10.0. The quantitative estimate of drug-likeness (QED) is 0.876. The van der Waals surface area contributed by atoms with E-state index in [0.717, 1.165) is 0 Å². The van der Waals surface area contributed by atoms with Crippen molar-refractivity contribution >= 4 is 28.3 Å². The van der Waals surface area contributed by atoms with E-state index in [1.807, 2.05) is 0 Å². The molecule has 0 aliphatic heterocycles. The number of nitrogens with two attached hydrogens (primary N) is 1. The maximum Gasteiger partial charge on any atom is 0.124 e. The third-order valence-electron chi connectivity index (χ3n) is 1.79. The Morgan fingerprint density at radius 2 is 2.00 bits per heavy atom. The molecule has 0 heterocycles. The van der Waals surface area contributed by atoms with Gasteiger partial charge in [0.1, 0.15) is 5.82 Å². The minimum atomic E-state index is -0.686. The molecule has 0 aromatic heterocycles. The van der Waals surface area contributed by atoms with Gasteiger partial charge in [0.2, 0.25) is 0 Å². The first kappa shape index (κ1) is 13.8. The van der Waals surface area contributed by atoms with Crippen LogP contribution in [0.4, 0.5) is 4.39 Å². The first-order valence-electron chi connectivity index (χ1n) is 3.90. The molecule has 2 nitrogen and oxygen atoms in total. The Hall–Kier alpha value is -0.160. The van der Waals surface area contributed by atoms with Crippen LogP contribution in [0.25, 0.3) is 0 Å². The molecule has 1 aromatic carbocycles. The molecule has 0 amide bonds. The molecule has 1 rings (SSSR count). The predicted octanol–water partition coefficient (Wildman–Crippen LogP) is 2.39. The van der Waals surface area contributed by atoms with Crippen molar-refractivity contribution in [3.05, 3.63) is 34.1 Å². The molecule has 14 heavy (non-hydrogen) atoms. The van der Waals surface area contributed by atoms with Gasteiger partial charge in [-0.05, 0) is 30.7 Å². The number of aliphatic hydroxyl groups is 1. The third kappa shape index (κ3) is 3.53. The molecule has 0 saturated heterocycles. The van der Waals surface area contributed by atoms with E-state index in [-0.39, 0.29) is 18.2 Å². The standard InChI is InChI=1S/C9H11BrFNO.ClH/c1-5(13)9(12)6-2-7(10)4-8(11)3-6;/h2-5,9,13H,12H2,1H3;1H/t5-,9-;/m0./s1. The van der Waals surface area contributed by atoms with Crippen LogP contribution in [0.3, 0.4) is 0 Å². The number of halogens is 3. The second-order valence-corrected chi connectivity index (χ2v) is 3.88. The number of benzene rings is 1. The average molecular weight is 285 g/mol. The van der Waals surface area contributed by atoms with Crippen molar-refractivity contribution in [2.75, 3.05) is 0 Å². The topological polar surface area (TPSA) is 46.2 Å². The highest BCUT2D eigenvalue weighted by molar-refractivity contribution is 9.10. The molecule has 0 aliphatic rings. The first-order chi connectivity index (χ1) is 6.00. The van der Waals surface area contributed by atoms with Crippen molar-refractivity contribution in [3.8, 4) is 0 Å². The summed E-state index contributed by atoms with van der Waals surface area (Å²) in [5.41, 5.74) is 6.22. The zero-order chi connectivity index (χ0) is 10.0. The molecule has 0 radical (unpaired) electrons. The van der Waals surface area contributed by atoms with Gasteiger partial charge in [-0.15, -0.1) is 12.4 Å². The Balaban J connectivity index is 0.00000169. The zero-order valence-electron chi connectivity index (χ0n) is 7.58. The van der Waals surface area contributed by atoms with Gasteiger partial charge in [0, 0.05) is 4.47 Å². The van der Waals surface area contributed by atoms with Crippen LogP contribution in [0.5, 0.6) is 0 Å². The van der Waals surface area contributed by atoms with Crippen molar-refractivity contribution in [1.29, 1.82) is 0 Å². The van der Waals surface area contributed by atoms with Gasteiger partial charge in [0.15, 0.2) is 0 Å². The van der Waals surface area contributed by atoms with E-state index in [2.05, 4.69) is 15.9 Å². The summed E-state index contributed by atoms with van der Waals surface area (Å²) in [4.78, 5) is 0. The molecular weight excluding hydrogens is 272 g/mol. The third-order valence-corrected chi connectivity index (χ3v) is 2.25. The predicted molar refractivity (Wildman–Crippen MR) is 60.0 cm³/mol. The highest BCUT2D eigenvalue weighted by atomic mass is 79.9. The number of hydrogen-bond donors (Lipinski definition) is 2. The summed E-state index contributed by atoms with van der Waals surface area (Å²) in [6.45, 7) is 1.57. The number of hydrogen-bond acceptors (Lipinski definition) is 2. The summed E-state index contributed by atoms with van der Waals surface area (Å²) in [5, 5.41) is 9.19. The molecule has 1 aromatic rings. The highest BCUT2D eigenvalue weighted by Crippen LogP contribution is 2.20. The lowest BCUT2D eigenvalue weighted by molar-refractivity contribution is 0.164. The second-order valence-electron chi connectivity index (χ2n) is 2.97. The minimum absolute atomic E-state index is 0. The summed E-state index contributed by atoms with van der Waals surface area (Å²) in [6, 6.07) is 3.81. The molecule has 0 fully saturated rings. The second kappa shape index (κ2) is 5.66. The average Bonchev–Trinajstić information content (AvgIpc) is 2.01. The summed E-state index contributed by atoms with van der Waals surface area (Å²) in [5.74, 6) is -0.361. The van der Waals surface area contributed by atoms with E-state index in [1.54, 1.807) is 13.0 Å². The van der Waals surface area contributed by atoms with Crippen LogP contribution >= 0.6 is 28.3 Å². The van der Waals surface area contributed by atoms with Crippen LogP contribution in [0.2, 0.25) is 0 Å². The van der Waals surface area contributed by atoms with E-state index < -0.39 is 12.1 Å². The molecule has 5 heteroatoms. The number of rotatable bonds is 2. The van der Waals surface area contributed by atoms with Crippen molar-refractivity contribution in [1.82, 2.24) is 0 Å². The molecule has 0 saturated carbocycles. The van der Waals surface area contributed by atoms with Crippen LogP contribution in [0.1, 0.15) is 18.5 Å². The van der Waals surface area contributed by atoms with Crippen molar-refractivity contribution in [3.63, 3.8) is 0 Å². The van der Waals surface area contributed by atoms with Gasteiger partial charge < -0.3 is 10.8 Å². The Kier molecular flexibility index (Phi) is 5.59. The minimum Gasteiger partial charge on any atom is -0.391 e. The van der Waals surface area contributed by atoms with Gasteiger partial charge in [-0.1, -0.05) is 15.9 Å². The normalized spacial score (nSPS) is 14.4. The van der Waals surface area contributed by atoms with Gasteiger partial charge in [0.25, 0.3) is 0 Å². The largest absolute Gasteiger partial charge is 0.391 e. The van der Waals surface area contributed by atoms with E-state index >= 15 is 0 Å². The Morgan fingerprint density at radius 1 is 1.43 bits per heavy atom. The molecule has 0 spiro atoms. The van der Waals surface area contributed by atoms with E-state index in [9.17, 15) is 9.50 Å². The summed E-state index contributed by atoms with van der Waals surface area (Å²) >= 11 is 3.15. The lowest BCUT2D eigenvalue weighted by Crippen LogP contribution is -2.23. The fourth-order valence-electron chi connectivity index (χ4n) is 1.05. The lowest BCUT2D eigenvalue weighted by Gasteiger charge is -2.15. The van der Waals surface area contributed by atoms with Crippen LogP contribution in [0.15, 0.2) is 22.7 Å². The van der Waals surface area contributed by atoms with Crippen LogP contribution in [-0.4, -0.2) is 11.2 Å². The summed E-state index contributed by atoms with van der Waals surface area (Å²) in [6.07, 6.45) is -0.686. The highest BCUT2D eigenvalue weighted by Gasteiger charge is 2.13. The smallest absolute Gasteiger partial charge is 0.124 e. The molecule has 0 bridgehead atoms. The molecular formula is C9H12BrClFNO. The summed E-state index contributed by atoms with van der Waals surface area (Å²) in [7, 11) is 0. The van der Waals surface area contributed by atoms with Crippen molar-refractivity contribution < 1.29 is 9.50 Å². The van der Waals surface area contributed by atoms with E-state index in [4.69, 9.17) is 5.73 Å². The summed E-state index contributed by atoms with van der Waals surface area (Å²) < 4.78 is 13.5. The Labute approximate surface area is 96.8 Å². The van der Waals surface area contributed by atoms with Crippen LogP contribution < -0.4 is 5.73 Å². The zero-order valence-corrected chi connectivity index (χ0v) is 9.98. The van der Waals surface area contributed by atoms with Crippen LogP contribution in [0, 0.1) is 5.82 Å². The molecule has 2 atom stereocenters. The van der Waals surface area contributed by atoms with E-state index in [1.165, 1.54) is 12.1 Å². The monoisotopic (exact) mass is 283 g/mol. The van der Waals surface area contributed by atoms with Gasteiger partial charge in [-0.3, -0.25) is 0 Å². The number of aliphatic hydroxyl groups excluding tert-OH is 1. The van der Waals surface area contributed by atoms with E-state index in [0.29, 0.717) is 10.0 Å². The fraction of sp³-hybridized carbons (Fsp3) is 0.333. The fourth-order valence-corrected chi connectivity index (χ4v) is 1.53. The van der Waals surface area contributed by atoms with Gasteiger partial charge in [-0.25, -0.2) is 4.39 Å². The van der Waals surface area contributed by atoms with Crippen molar-refractivity contribution in [2.24, 2.45) is 5.73 Å². The Bertz CT molecular complexity index is 289. The molecule has 80 valence electrons.